The first kappa shape index (κ1) is 14.4. The lowest BCUT2D eigenvalue weighted by Crippen LogP contribution is -2.44. The highest BCUT2D eigenvalue weighted by Crippen LogP contribution is 1.98. The molecule has 0 saturated heterocycles. The van der Waals surface area contributed by atoms with Crippen LogP contribution in [0.25, 0.3) is 0 Å². The summed E-state index contributed by atoms with van der Waals surface area (Å²) in [6, 6.07) is 0.301. The van der Waals surface area contributed by atoms with Crippen LogP contribution in [0.15, 0.2) is 0 Å². The van der Waals surface area contributed by atoms with Gasteiger partial charge in [0, 0.05) is 19.1 Å². The molecule has 1 unspecified atom stereocenters. The predicted octanol–water partition coefficient (Wildman–Crippen LogP) is 0.428. The maximum Gasteiger partial charge on any atom is 0.234 e. The molecule has 0 aromatic carbocycles. The quantitative estimate of drug-likeness (QED) is 0.647. The average molecular weight is 215 g/mol. The van der Waals surface area contributed by atoms with Crippen molar-refractivity contribution in [2.45, 2.75) is 33.2 Å². The van der Waals surface area contributed by atoms with Crippen LogP contribution in [-0.2, 0) is 4.79 Å². The molecule has 0 aromatic heterocycles. The number of amides is 1. The first-order valence-electron chi connectivity index (χ1n) is 5.68. The van der Waals surface area contributed by atoms with Crippen LogP contribution in [0.2, 0.25) is 0 Å². The van der Waals surface area contributed by atoms with Gasteiger partial charge in [-0.05, 0) is 19.4 Å². The van der Waals surface area contributed by atoms with Crippen molar-refractivity contribution in [2.24, 2.45) is 11.7 Å². The van der Waals surface area contributed by atoms with Gasteiger partial charge in [-0.1, -0.05) is 20.8 Å². The van der Waals surface area contributed by atoms with E-state index in [9.17, 15) is 4.79 Å². The summed E-state index contributed by atoms with van der Waals surface area (Å²) in [4.78, 5) is 13.5. The van der Waals surface area contributed by atoms with Gasteiger partial charge in [0.05, 0.1) is 6.54 Å². The minimum Gasteiger partial charge on any atom is -0.355 e. The zero-order valence-corrected chi connectivity index (χ0v) is 10.4. The molecule has 0 rings (SSSR count). The number of nitrogens with two attached hydrogens (primary N) is 1. The van der Waals surface area contributed by atoms with Crippen molar-refractivity contribution in [3.63, 3.8) is 0 Å². The van der Waals surface area contributed by atoms with Crippen molar-refractivity contribution in [3.8, 4) is 0 Å². The zero-order valence-electron chi connectivity index (χ0n) is 10.4. The second-order valence-corrected chi connectivity index (χ2v) is 4.41. The highest BCUT2D eigenvalue weighted by molar-refractivity contribution is 5.77. The summed E-state index contributed by atoms with van der Waals surface area (Å²) in [6.07, 6.45) is 0.977. The number of rotatable bonds is 7. The summed E-state index contributed by atoms with van der Waals surface area (Å²) in [5, 5.41) is 2.89. The molecule has 0 radical (unpaired) electrons. The summed E-state index contributed by atoms with van der Waals surface area (Å²) in [5.41, 5.74) is 5.61. The SMILES string of the molecule is CCC(CN)N(C)CC(=O)NCC(C)C. The van der Waals surface area contributed by atoms with E-state index >= 15 is 0 Å². The van der Waals surface area contributed by atoms with Gasteiger partial charge in [-0.3, -0.25) is 9.69 Å². The lowest BCUT2D eigenvalue weighted by atomic mass is 10.2. The fourth-order valence-electron chi connectivity index (χ4n) is 1.39. The second-order valence-electron chi connectivity index (χ2n) is 4.41. The van der Waals surface area contributed by atoms with Crippen LogP contribution in [0, 0.1) is 5.92 Å². The molecule has 1 atom stereocenters. The predicted molar refractivity (Wildman–Crippen MR) is 63.6 cm³/mol. The van der Waals surface area contributed by atoms with Crippen LogP contribution in [-0.4, -0.2) is 43.5 Å². The molecule has 0 heterocycles. The minimum atomic E-state index is 0.0816. The van der Waals surface area contributed by atoms with E-state index in [4.69, 9.17) is 5.73 Å². The molecular formula is C11H25N3O. The van der Waals surface area contributed by atoms with E-state index < -0.39 is 0 Å². The smallest absolute Gasteiger partial charge is 0.234 e. The van der Waals surface area contributed by atoms with Crippen LogP contribution in [0.1, 0.15) is 27.2 Å². The highest BCUT2D eigenvalue weighted by Gasteiger charge is 2.13. The Labute approximate surface area is 93.2 Å². The summed E-state index contributed by atoms with van der Waals surface area (Å²) >= 11 is 0. The lowest BCUT2D eigenvalue weighted by molar-refractivity contribution is -0.122. The summed E-state index contributed by atoms with van der Waals surface area (Å²) in [5.74, 6) is 0.578. The highest BCUT2D eigenvalue weighted by atomic mass is 16.2. The van der Waals surface area contributed by atoms with Crippen LogP contribution in [0.5, 0.6) is 0 Å². The fourth-order valence-corrected chi connectivity index (χ4v) is 1.39. The Morgan fingerprint density at radius 2 is 2.07 bits per heavy atom. The molecule has 15 heavy (non-hydrogen) atoms. The normalized spacial score (nSPS) is 13.3. The van der Waals surface area contributed by atoms with E-state index in [1.165, 1.54) is 0 Å². The average Bonchev–Trinajstić information content (AvgIpc) is 2.16. The van der Waals surface area contributed by atoms with E-state index in [1.54, 1.807) is 0 Å². The Morgan fingerprint density at radius 3 is 2.47 bits per heavy atom. The molecule has 0 fully saturated rings. The van der Waals surface area contributed by atoms with Gasteiger partial charge < -0.3 is 11.1 Å². The van der Waals surface area contributed by atoms with E-state index in [1.807, 2.05) is 11.9 Å². The van der Waals surface area contributed by atoms with Crippen molar-refractivity contribution in [1.29, 1.82) is 0 Å². The lowest BCUT2D eigenvalue weighted by Gasteiger charge is -2.25. The Kier molecular flexibility index (Phi) is 7.34. The first-order valence-corrected chi connectivity index (χ1v) is 5.68. The molecule has 3 N–H and O–H groups in total. The largest absolute Gasteiger partial charge is 0.355 e. The van der Waals surface area contributed by atoms with Gasteiger partial charge in [0.2, 0.25) is 5.91 Å². The molecule has 90 valence electrons. The molecule has 0 aliphatic rings. The topological polar surface area (TPSA) is 58.4 Å². The maximum absolute atomic E-state index is 11.5. The Hall–Kier alpha value is -0.610. The molecule has 0 spiro atoms. The van der Waals surface area contributed by atoms with Gasteiger partial charge in [0.25, 0.3) is 0 Å². The third-order valence-electron chi connectivity index (χ3n) is 2.47. The van der Waals surface area contributed by atoms with E-state index in [0.717, 1.165) is 13.0 Å². The molecular weight excluding hydrogens is 190 g/mol. The van der Waals surface area contributed by atoms with E-state index in [2.05, 4.69) is 26.1 Å². The third kappa shape index (κ3) is 6.47. The summed E-state index contributed by atoms with van der Waals surface area (Å²) in [7, 11) is 1.94. The molecule has 4 nitrogen and oxygen atoms in total. The Bertz CT molecular complexity index is 179. The molecule has 0 aromatic rings. The minimum absolute atomic E-state index is 0.0816. The van der Waals surface area contributed by atoms with Crippen molar-refractivity contribution < 1.29 is 4.79 Å². The van der Waals surface area contributed by atoms with Crippen molar-refractivity contribution >= 4 is 5.91 Å². The molecule has 4 heteroatoms. The fraction of sp³-hybridized carbons (Fsp3) is 0.909. The van der Waals surface area contributed by atoms with Crippen molar-refractivity contribution in [3.05, 3.63) is 0 Å². The van der Waals surface area contributed by atoms with Gasteiger partial charge in [-0.25, -0.2) is 0 Å². The maximum atomic E-state index is 11.5. The van der Waals surface area contributed by atoms with Crippen LogP contribution in [0.4, 0.5) is 0 Å². The number of nitrogens with one attached hydrogen (secondary N) is 1. The zero-order chi connectivity index (χ0) is 11.8. The number of hydrogen-bond donors (Lipinski definition) is 2. The standard InChI is InChI=1S/C11H25N3O/c1-5-10(6-12)14(4)8-11(15)13-7-9(2)3/h9-10H,5-8,12H2,1-4H3,(H,13,15). The van der Waals surface area contributed by atoms with E-state index in [0.29, 0.717) is 25.0 Å². The van der Waals surface area contributed by atoms with Crippen molar-refractivity contribution in [1.82, 2.24) is 10.2 Å². The van der Waals surface area contributed by atoms with Gasteiger partial charge in [0.15, 0.2) is 0 Å². The Balaban J connectivity index is 3.84. The van der Waals surface area contributed by atoms with Crippen LogP contribution < -0.4 is 11.1 Å². The molecule has 0 aliphatic heterocycles. The molecule has 1 amide bonds. The summed E-state index contributed by atoms with van der Waals surface area (Å²) < 4.78 is 0. The van der Waals surface area contributed by atoms with Gasteiger partial charge >= 0.3 is 0 Å². The summed E-state index contributed by atoms with van der Waals surface area (Å²) in [6.45, 7) is 8.02. The van der Waals surface area contributed by atoms with Crippen LogP contribution >= 0.6 is 0 Å². The number of nitrogens with zero attached hydrogens (tertiary/aromatic N) is 1. The second kappa shape index (κ2) is 7.65. The first-order chi connectivity index (χ1) is 7.01. The van der Waals surface area contributed by atoms with Gasteiger partial charge in [-0.2, -0.15) is 0 Å². The van der Waals surface area contributed by atoms with Gasteiger partial charge in [0.1, 0.15) is 0 Å². The number of likely N-dealkylation sites (N-methyl/N-ethyl adjacent to an activating group) is 1. The van der Waals surface area contributed by atoms with E-state index in [-0.39, 0.29) is 5.91 Å². The van der Waals surface area contributed by atoms with Crippen molar-refractivity contribution in [2.75, 3.05) is 26.7 Å². The van der Waals surface area contributed by atoms with Gasteiger partial charge in [-0.15, -0.1) is 0 Å². The molecule has 0 saturated carbocycles. The Morgan fingerprint density at radius 1 is 1.47 bits per heavy atom. The monoisotopic (exact) mass is 215 g/mol. The van der Waals surface area contributed by atoms with Crippen LogP contribution in [0.3, 0.4) is 0 Å². The number of carbonyl (C=O) groups is 1. The number of carbonyl (C=O) groups excluding carboxylic acids is 1. The molecule has 0 aliphatic carbocycles. The number of hydrogen-bond acceptors (Lipinski definition) is 3. The molecule has 0 bridgehead atoms. The third-order valence-corrected chi connectivity index (χ3v) is 2.47.